The minimum atomic E-state index is -0.0603. The molecule has 0 aromatic heterocycles. The van der Waals surface area contributed by atoms with Gasteiger partial charge in [-0.25, -0.2) is 4.99 Å². The molecule has 0 atom stereocenters. The summed E-state index contributed by atoms with van der Waals surface area (Å²) in [5, 5.41) is 5.89. The molecule has 1 fully saturated rings. The van der Waals surface area contributed by atoms with Gasteiger partial charge in [0, 0.05) is 19.6 Å². The van der Waals surface area contributed by atoms with Crippen LogP contribution in [0.1, 0.15) is 32.3 Å². The molecule has 0 aliphatic carbocycles. The zero-order chi connectivity index (χ0) is 19.1. The van der Waals surface area contributed by atoms with Crippen LogP contribution < -0.4 is 5.32 Å². The summed E-state index contributed by atoms with van der Waals surface area (Å²) in [5.74, 6) is 0.879. The van der Waals surface area contributed by atoms with E-state index in [1.165, 1.54) is 16.3 Å². The number of carbonyl (C=O) groups excluding carboxylic acids is 1. The van der Waals surface area contributed by atoms with E-state index in [0.29, 0.717) is 13.2 Å². The van der Waals surface area contributed by atoms with Gasteiger partial charge in [0.15, 0.2) is 5.96 Å². The van der Waals surface area contributed by atoms with Crippen LogP contribution in [0.5, 0.6) is 0 Å². The lowest BCUT2D eigenvalue weighted by Gasteiger charge is -2.33. The summed E-state index contributed by atoms with van der Waals surface area (Å²) in [6.45, 7) is 7.51. The van der Waals surface area contributed by atoms with Crippen LogP contribution in [0.15, 0.2) is 47.5 Å². The number of fused-ring (bicyclic) bond motifs is 1. The number of esters is 1. The SMILES string of the molecule is CCNC(=NCc1cccc2ccccc12)N1CCC(C(=O)OCC)CC1.I. The van der Waals surface area contributed by atoms with Gasteiger partial charge in [-0.05, 0) is 43.0 Å². The summed E-state index contributed by atoms with van der Waals surface area (Å²) in [7, 11) is 0. The molecular weight excluding hydrogens is 465 g/mol. The zero-order valence-electron chi connectivity index (χ0n) is 16.7. The van der Waals surface area contributed by atoms with E-state index in [1.54, 1.807) is 0 Å². The highest BCUT2D eigenvalue weighted by atomic mass is 127. The Labute approximate surface area is 184 Å². The minimum Gasteiger partial charge on any atom is -0.466 e. The van der Waals surface area contributed by atoms with Crippen LogP contribution in [-0.4, -0.2) is 43.1 Å². The Morgan fingerprint density at radius 1 is 1.14 bits per heavy atom. The molecule has 6 heteroatoms. The van der Waals surface area contributed by atoms with Crippen LogP contribution in [-0.2, 0) is 16.1 Å². The van der Waals surface area contributed by atoms with Gasteiger partial charge < -0.3 is 15.0 Å². The van der Waals surface area contributed by atoms with E-state index in [1.807, 2.05) is 6.92 Å². The first-order valence-electron chi connectivity index (χ1n) is 9.89. The van der Waals surface area contributed by atoms with Crippen LogP contribution in [0.25, 0.3) is 10.8 Å². The number of carbonyl (C=O) groups is 1. The van der Waals surface area contributed by atoms with Crippen molar-refractivity contribution < 1.29 is 9.53 Å². The van der Waals surface area contributed by atoms with Crippen molar-refractivity contribution in [1.29, 1.82) is 0 Å². The molecular formula is C22H30IN3O2. The number of nitrogens with zero attached hydrogens (tertiary/aromatic N) is 2. The maximum absolute atomic E-state index is 11.9. The quantitative estimate of drug-likeness (QED) is 0.293. The van der Waals surface area contributed by atoms with Crippen LogP contribution in [0.2, 0.25) is 0 Å². The van der Waals surface area contributed by atoms with Crippen molar-refractivity contribution in [2.75, 3.05) is 26.2 Å². The smallest absolute Gasteiger partial charge is 0.309 e. The molecule has 1 N–H and O–H groups in total. The second-order valence-electron chi connectivity index (χ2n) is 6.82. The largest absolute Gasteiger partial charge is 0.466 e. The molecule has 0 radical (unpaired) electrons. The molecule has 1 heterocycles. The maximum Gasteiger partial charge on any atom is 0.309 e. The molecule has 0 saturated carbocycles. The van der Waals surface area contributed by atoms with E-state index in [4.69, 9.17) is 9.73 Å². The number of nitrogens with one attached hydrogen (secondary N) is 1. The van der Waals surface area contributed by atoms with E-state index in [2.05, 4.69) is 59.6 Å². The number of aliphatic imine (C=N–C) groups is 1. The fourth-order valence-corrected chi connectivity index (χ4v) is 3.60. The molecule has 28 heavy (non-hydrogen) atoms. The third-order valence-electron chi connectivity index (χ3n) is 5.03. The molecule has 1 aliphatic heterocycles. The lowest BCUT2D eigenvalue weighted by Crippen LogP contribution is -2.46. The van der Waals surface area contributed by atoms with E-state index in [0.717, 1.165) is 38.4 Å². The number of hydrogen-bond acceptors (Lipinski definition) is 3. The summed E-state index contributed by atoms with van der Waals surface area (Å²) in [6, 6.07) is 14.8. The second kappa shape index (κ2) is 11.2. The normalized spacial score (nSPS) is 15.2. The number of guanidine groups is 1. The lowest BCUT2D eigenvalue weighted by atomic mass is 9.97. The number of ether oxygens (including phenoxy) is 1. The molecule has 152 valence electrons. The summed E-state index contributed by atoms with van der Waals surface area (Å²) in [6.07, 6.45) is 1.63. The van der Waals surface area contributed by atoms with Crippen molar-refractivity contribution in [2.24, 2.45) is 10.9 Å². The summed E-state index contributed by atoms with van der Waals surface area (Å²) in [5.41, 5.74) is 1.23. The Morgan fingerprint density at radius 3 is 2.57 bits per heavy atom. The van der Waals surface area contributed by atoms with Gasteiger partial charge in [-0.3, -0.25) is 4.79 Å². The minimum absolute atomic E-state index is 0. The van der Waals surface area contributed by atoms with Crippen molar-refractivity contribution in [3.05, 3.63) is 48.0 Å². The van der Waals surface area contributed by atoms with Crippen LogP contribution in [0.4, 0.5) is 0 Å². The van der Waals surface area contributed by atoms with E-state index >= 15 is 0 Å². The van der Waals surface area contributed by atoms with E-state index in [9.17, 15) is 4.79 Å². The Hall–Kier alpha value is -1.83. The van der Waals surface area contributed by atoms with Crippen LogP contribution in [0, 0.1) is 5.92 Å². The average molecular weight is 495 g/mol. The predicted molar refractivity (Wildman–Crippen MR) is 125 cm³/mol. The van der Waals surface area contributed by atoms with Crippen LogP contribution in [0.3, 0.4) is 0 Å². The summed E-state index contributed by atoms with van der Waals surface area (Å²) < 4.78 is 5.17. The summed E-state index contributed by atoms with van der Waals surface area (Å²) in [4.78, 5) is 19.1. The number of halogens is 1. The number of piperidine rings is 1. The van der Waals surface area contributed by atoms with Crippen molar-refractivity contribution in [2.45, 2.75) is 33.2 Å². The lowest BCUT2D eigenvalue weighted by molar-refractivity contribution is -0.149. The Balaban J connectivity index is 0.00000280. The molecule has 2 aromatic carbocycles. The van der Waals surface area contributed by atoms with Gasteiger partial charge in [0.05, 0.1) is 19.1 Å². The molecule has 0 spiro atoms. The highest BCUT2D eigenvalue weighted by Crippen LogP contribution is 2.21. The fourth-order valence-electron chi connectivity index (χ4n) is 3.60. The summed E-state index contributed by atoms with van der Waals surface area (Å²) >= 11 is 0. The fraction of sp³-hybridized carbons (Fsp3) is 0.455. The first-order chi connectivity index (χ1) is 13.2. The number of rotatable bonds is 5. The first kappa shape index (κ1) is 22.5. The van der Waals surface area contributed by atoms with Gasteiger partial charge in [0.25, 0.3) is 0 Å². The predicted octanol–water partition coefficient (Wildman–Crippen LogP) is 4.20. The highest BCUT2D eigenvalue weighted by Gasteiger charge is 2.27. The van der Waals surface area contributed by atoms with Crippen LogP contribution >= 0.6 is 24.0 Å². The highest BCUT2D eigenvalue weighted by molar-refractivity contribution is 14.0. The third kappa shape index (κ3) is 5.59. The van der Waals surface area contributed by atoms with Gasteiger partial charge >= 0.3 is 5.97 Å². The molecule has 1 saturated heterocycles. The Morgan fingerprint density at radius 2 is 1.86 bits per heavy atom. The van der Waals surface area contributed by atoms with Gasteiger partial charge in [0.1, 0.15) is 0 Å². The third-order valence-corrected chi connectivity index (χ3v) is 5.03. The Kier molecular flexibility index (Phi) is 9.02. The Bertz CT molecular complexity index is 796. The monoisotopic (exact) mass is 495 g/mol. The van der Waals surface area contributed by atoms with E-state index in [-0.39, 0.29) is 35.9 Å². The number of hydrogen-bond donors (Lipinski definition) is 1. The van der Waals surface area contributed by atoms with Crippen molar-refractivity contribution in [3.8, 4) is 0 Å². The van der Waals surface area contributed by atoms with Gasteiger partial charge in [-0.15, -0.1) is 24.0 Å². The topological polar surface area (TPSA) is 53.9 Å². The van der Waals surface area contributed by atoms with Crippen molar-refractivity contribution in [3.63, 3.8) is 0 Å². The second-order valence-corrected chi connectivity index (χ2v) is 6.82. The number of likely N-dealkylation sites (tertiary alicyclic amines) is 1. The van der Waals surface area contributed by atoms with Crippen molar-refractivity contribution in [1.82, 2.24) is 10.2 Å². The van der Waals surface area contributed by atoms with E-state index < -0.39 is 0 Å². The molecule has 5 nitrogen and oxygen atoms in total. The standard InChI is InChI=1S/C22H29N3O2.HI/c1-3-23-22(25-14-12-18(13-15-25)21(26)27-4-2)24-16-19-10-7-9-17-8-5-6-11-20(17)19;/h5-11,18H,3-4,12-16H2,1-2H3,(H,23,24);1H. The molecule has 0 amide bonds. The van der Waals surface area contributed by atoms with Gasteiger partial charge in [-0.2, -0.15) is 0 Å². The molecule has 2 aromatic rings. The maximum atomic E-state index is 11.9. The molecule has 3 rings (SSSR count). The zero-order valence-corrected chi connectivity index (χ0v) is 19.0. The van der Waals surface area contributed by atoms with Gasteiger partial charge in [-0.1, -0.05) is 42.5 Å². The van der Waals surface area contributed by atoms with Crippen molar-refractivity contribution >= 4 is 46.7 Å². The molecule has 1 aliphatic rings. The molecule has 0 unspecified atom stereocenters. The molecule has 0 bridgehead atoms. The van der Waals surface area contributed by atoms with Gasteiger partial charge in [0.2, 0.25) is 0 Å². The average Bonchev–Trinajstić information content (AvgIpc) is 2.71. The number of benzene rings is 2. The first-order valence-corrected chi connectivity index (χ1v) is 9.89.